The smallest absolute Gasteiger partial charge is 0.338 e. The molecule has 3 aromatic rings. The second-order valence-electron chi connectivity index (χ2n) is 5.78. The van der Waals surface area contributed by atoms with Crippen molar-refractivity contribution in [1.82, 2.24) is 4.98 Å². The molecule has 0 spiro atoms. The minimum atomic E-state index is -3.98. The largest absolute Gasteiger partial charge is 0.462 e. The summed E-state index contributed by atoms with van der Waals surface area (Å²) in [5.41, 5.74) is 0.876. The number of hydrogen-bond donors (Lipinski definition) is 1. The first-order valence-corrected chi connectivity index (χ1v) is 9.47. The summed E-state index contributed by atoms with van der Waals surface area (Å²) in [4.78, 5) is 27.2. The Balaban J connectivity index is 2.18. The molecule has 1 N–H and O–H groups in total. The number of aromatic amines is 1. The Morgan fingerprint density at radius 2 is 1.81 bits per heavy atom. The normalized spacial score (nSPS) is 11.5. The lowest BCUT2D eigenvalue weighted by atomic mass is 10.1. The second kappa shape index (κ2) is 6.76. The highest BCUT2D eigenvalue weighted by Crippen LogP contribution is 2.20. The Morgan fingerprint density at radius 1 is 1.12 bits per heavy atom. The van der Waals surface area contributed by atoms with Crippen LogP contribution >= 0.6 is 0 Å². The topological polar surface area (TPSA) is 93.3 Å². The van der Waals surface area contributed by atoms with Gasteiger partial charge in [0.15, 0.2) is 0 Å². The summed E-state index contributed by atoms with van der Waals surface area (Å²) in [5.74, 6) is -0.569. The van der Waals surface area contributed by atoms with Crippen LogP contribution in [0.4, 0.5) is 0 Å². The lowest BCUT2D eigenvalue weighted by Crippen LogP contribution is -2.17. The highest BCUT2D eigenvalue weighted by molar-refractivity contribution is 7.91. The molecule has 0 unspecified atom stereocenters. The van der Waals surface area contributed by atoms with E-state index >= 15 is 0 Å². The summed E-state index contributed by atoms with van der Waals surface area (Å²) in [6, 6.07) is 10.7. The molecule has 0 fully saturated rings. The summed E-state index contributed by atoms with van der Waals surface area (Å²) in [6.07, 6.45) is 1.18. The van der Waals surface area contributed by atoms with E-state index in [2.05, 4.69) is 4.98 Å². The van der Waals surface area contributed by atoms with Crippen LogP contribution in [0.2, 0.25) is 0 Å². The van der Waals surface area contributed by atoms with Gasteiger partial charge >= 0.3 is 5.97 Å². The number of rotatable bonds is 4. The van der Waals surface area contributed by atoms with E-state index in [9.17, 15) is 18.0 Å². The van der Waals surface area contributed by atoms with Crippen molar-refractivity contribution >= 4 is 26.7 Å². The van der Waals surface area contributed by atoms with Crippen molar-refractivity contribution in [1.29, 1.82) is 0 Å². The lowest BCUT2D eigenvalue weighted by molar-refractivity contribution is 0.0526. The van der Waals surface area contributed by atoms with E-state index < -0.39 is 21.2 Å². The number of ether oxygens (including phenoxy) is 1. The second-order valence-corrected chi connectivity index (χ2v) is 7.70. The molecule has 0 saturated heterocycles. The average molecular weight is 371 g/mol. The lowest BCUT2D eigenvalue weighted by Gasteiger charge is -2.07. The summed E-state index contributed by atoms with van der Waals surface area (Å²) >= 11 is 0. The van der Waals surface area contributed by atoms with Crippen molar-refractivity contribution in [2.75, 3.05) is 6.61 Å². The zero-order chi connectivity index (χ0) is 18.9. The third kappa shape index (κ3) is 3.13. The molecule has 134 valence electrons. The van der Waals surface area contributed by atoms with Crippen LogP contribution in [0.5, 0.6) is 0 Å². The fourth-order valence-corrected chi connectivity index (χ4v) is 3.90. The molecule has 26 heavy (non-hydrogen) atoms. The number of benzene rings is 2. The van der Waals surface area contributed by atoms with Crippen LogP contribution in [-0.2, 0) is 14.6 Å². The number of sulfone groups is 1. The fourth-order valence-electron chi connectivity index (χ4n) is 2.58. The third-order valence-corrected chi connectivity index (χ3v) is 5.75. The van der Waals surface area contributed by atoms with E-state index in [1.807, 2.05) is 6.92 Å². The van der Waals surface area contributed by atoms with E-state index in [1.165, 1.54) is 30.5 Å². The molecule has 0 saturated carbocycles. The van der Waals surface area contributed by atoms with E-state index in [0.717, 1.165) is 5.56 Å². The standard InChI is InChI=1S/C19H17NO5S/c1-3-25-19(22)13-6-9-16-15(10-13)18(21)17(11-20-16)26(23,24)14-7-4-12(2)5-8-14/h4-11H,3H2,1-2H3,(H,20,21). The van der Waals surface area contributed by atoms with Gasteiger partial charge in [-0.3, -0.25) is 4.79 Å². The summed E-state index contributed by atoms with van der Waals surface area (Å²) < 4.78 is 30.6. The average Bonchev–Trinajstić information content (AvgIpc) is 2.62. The fraction of sp³-hybridized carbons (Fsp3) is 0.158. The molecule has 0 amide bonds. The first kappa shape index (κ1) is 17.9. The molecule has 0 radical (unpaired) electrons. The Labute approximate surface area is 150 Å². The van der Waals surface area contributed by atoms with E-state index in [1.54, 1.807) is 25.1 Å². The SMILES string of the molecule is CCOC(=O)c1ccc2[nH]cc(S(=O)(=O)c3ccc(C)cc3)c(=O)c2c1. The number of carbonyl (C=O) groups is 1. The van der Waals surface area contributed by atoms with Crippen molar-refractivity contribution in [3.8, 4) is 0 Å². The predicted molar refractivity (Wildman–Crippen MR) is 97.2 cm³/mol. The van der Waals surface area contributed by atoms with Crippen LogP contribution < -0.4 is 5.43 Å². The molecule has 6 nitrogen and oxygen atoms in total. The predicted octanol–water partition coefficient (Wildman–Crippen LogP) is 2.85. The van der Waals surface area contributed by atoms with Gasteiger partial charge in [0.25, 0.3) is 0 Å². The van der Waals surface area contributed by atoms with Crippen molar-refractivity contribution in [2.24, 2.45) is 0 Å². The Kier molecular flexibility index (Phi) is 4.65. The van der Waals surface area contributed by atoms with Gasteiger partial charge in [0, 0.05) is 17.1 Å². The van der Waals surface area contributed by atoms with Crippen molar-refractivity contribution < 1.29 is 17.9 Å². The van der Waals surface area contributed by atoms with Gasteiger partial charge < -0.3 is 9.72 Å². The van der Waals surface area contributed by atoms with Gasteiger partial charge in [-0.25, -0.2) is 13.2 Å². The maximum absolute atomic E-state index is 12.8. The van der Waals surface area contributed by atoms with Crippen LogP contribution in [0.25, 0.3) is 10.9 Å². The molecule has 1 heterocycles. The number of esters is 1. The number of hydrogen-bond acceptors (Lipinski definition) is 5. The summed E-state index contributed by atoms with van der Waals surface area (Å²) in [5, 5.41) is 0.115. The minimum absolute atomic E-state index is 0.0366. The van der Waals surface area contributed by atoms with E-state index in [-0.39, 0.29) is 27.3 Å². The van der Waals surface area contributed by atoms with Crippen LogP contribution in [0, 0.1) is 6.92 Å². The van der Waals surface area contributed by atoms with Gasteiger partial charge in [-0.2, -0.15) is 0 Å². The number of nitrogens with one attached hydrogen (secondary N) is 1. The molecule has 0 bridgehead atoms. The number of aromatic nitrogens is 1. The molecule has 3 rings (SSSR count). The monoisotopic (exact) mass is 371 g/mol. The minimum Gasteiger partial charge on any atom is -0.462 e. The van der Waals surface area contributed by atoms with Crippen molar-refractivity contribution in [3.63, 3.8) is 0 Å². The van der Waals surface area contributed by atoms with Gasteiger partial charge in [0.05, 0.1) is 17.1 Å². The summed E-state index contributed by atoms with van der Waals surface area (Å²) in [6.45, 7) is 3.73. The maximum Gasteiger partial charge on any atom is 0.338 e. The van der Waals surface area contributed by atoms with Gasteiger partial charge in [0.1, 0.15) is 4.90 Å². The quantitative estimate of drug-likeness (QED) is 0.712. The van der Waals surface area contributed by atoms with E-state index in [4.69, 9.17) is 4.74 Å². The van der Waals surface area contributed by atoms with Gasteiger partial charge in [-0.15, -0.1) is 0 Å². The highest BCUT2D eigenvalue weighted by atomic mass is 32.2. The first-order chi connectivity index (χ1) is 12.3. The van der Waals surface area contributed by atoms with Crippen LogP contribution in [0.15, 0.2) is 63.2 Å². The summed E-state index contributed by atoms with van der Waals surface area (Å²) in [7, 11) is -3.98. The molecule has 0 atom stereocenters. The maximum atomic E-state index is 12.8. The van der Waals surface area contributed by atoms with E-state index in [0.29, 0.717) is 5.52 Å². The Morgan fingerprint density at radius 3 is 2.46 bits per heavy atom. The Hall–Kier alpha value is -2.93. The zero-order valence-electron chi connectivity index (χ0n) is 14.3. The highest BCUT2D eigenvalue weighted by Gasteiger charge is 2.23. The number of carbonyl (C=O) groups excluding carboxylic acids is 1. The number of fused-ring (bicyclic) bond motifs is 1. The zero-order valence-corrected chi connectivity index (χ0v) is 15.1. The first-order valence-electron chi connectivity index (χ1n) is 7.99. The number of aryl methyl sites for hydroxylation is 1. The van der Waals surface area contributed by atoms with Crippen LogP contribution in [-0.4, -0.2) is 26.0 Å². The van der Waals surface area contributed by atoms with Crippen molar-refractivity contribution in [2.45, 2.75) is 23.6 Å². The number of pyridine rings is 1. The molecule has 0 aliphatic rings. The Bertz CT molecular complexity index is 1140. The molecule has 1 aromatic heterocycles. The third-order valence-electron chi connectivity index (χ3n) is 3.98. The molecule has 2 aromatic carbocycles. The van der Waals surface area contributed by atoms with Crippen LogP contribution in [0.1, 0.15) is 22.8 Å². The van der Waals surface area contributed by atoms with Crippen molar-refractivity contribution in [3.05, 3.63) is 70.0 Å². The van der Waals surface area contributed by atoms with Gasteiger partial charge in [-0.1, -0.05) is 17.7 Å². The van der Waals surface area contributed by atoms with Crippen LogP contribution in [0.3, 0.4) is 0 Å². The molecule has 0 aliphatic heterocycles. The van der Waals surface area contributed by atoms with Gasteiger partial charge in [-0.05, 0) is 44.2 Å². The number of H-pyrrole nitrogens is 1. The van der Waals surface area contributed by atoms with Gasteiger partial charge in [0.2, 0.25) is 15.3 Å². The molecular formula is C19H17NO5S. The molecular weight excluding hydrogens is 354 g/mol. The molecule has 0 aliphatic carbocycles. The molecule has 7 heteroatoms.